The fourth-order valence-corrected chi connectivity index (χ4v) is 18.3. The van der Waals surface area contributed by atoms with E-state index in [0.717, 1.165) is 74.6 Å². The molecule has 4 saturated heterocycles. The van der Waals surface area contributed by atoms with Gasteiger partial charge in [0.25, 0.3) is 0 Å². The second-order valence-corrected chi connectivity index (χ2v) is 55.7. The van der Waals surface area contributed by atoms with Crippen molar-refractivity contribution < 1.29 is 61.4 Å². The lowest BCUT2D eigenvalue weighted by molar-refractivity contribution is 0.00684. The Kier molecular flexibility index (Phi) is 24.6. The van der Waals surface area contributed by atoms with E-state index in [1.807, 2.05) is 28.2 Å². The van der Waals surface area contributed by atoms with Crippen molar-refractivity contribution >= 4 is 84.4 Å². The molecule has 556 valence electrons. The Morgan fingerprint density at radius 1 is 0.545 bits per heavy atom. The van der Waals surface area contributed by atoms with E-state index in [1.54, 1.807) is 0 Å². The Bertz CT molecular complexity index is 3770. The Balaban J connectivity index is 0.000000204. The summed E-state index contributed by atoms with van der Waals surface area (Å²) in [5.74, 6) is 0.884. The number of rotatable bonds is 24. The number of hydrogen-bond acceptors (Lipinski definition) is 17. The molecule has 1 amide bonds. The van der Waals surface area contributed by atoms with Crippen LogP contribution < -0.4 is 14.8 Å². The molecule has 6 fully saturated rings. The van der Waals surface area contributed by atoms with E-state index in [0.29, 0.717) is 114 Å². The van der Waals surface area contributed by atoms with Crippen molar-refractivity contribution in [3.8, 4) is 34.5 Å². The molecule has 12 rings (SSSR count). The molecule has 2 aromatic carbocycles. The first-order valence-corrected chi connectivity index (χ1v) is 50.9. The van der Waals surface area contributed by atoms with E-state index >= 15 is 0 Å². The zero-order valence-electron chi connectivity index (χ0n) is 62.9. The fourth-order valence-electron chi connectivity index (χ4n) is 13.6. The van der Waals surface area contributed by atoms with Gasteiger partial charge in [-0.25, -0.2) is 14.8 Å². The highest BCUT2D eigenvalue weighted by atomic mass is 35.5. The summed E-state index contributed by atoms with van der Waals surface area (Å²) in [6, 6.07) is 23.7. The Morgan fingerprint density at radius 3 is 1.28 bits per heavy atom. The van der Waals surface area contributed by atoms with Crippen LogP contribution in [-0.4, -0.2) is 180 Å². The number of carbonyl (C=O) groups is 1. The first-order chi connectivity index (χ1) is 47.6. The summed E-state index contributed by atoms with van der Waals surface area (Å²) in [4.78, 5) is 31.8. The number of aromatic nitrogens is 6. The summed E-state index contributed by atoms with van der Waals surface area (Å²) < 4.78 is 73.7. The minimum atomic E-state index is -2.02. The van der Waals surface area contributed by atoms with E-state index in [4.69, 9.17) is 94.6 Å². The van der Waals surface area contributed by atoms with Crippen LogP contribution in [0.15, 0.2) is 60.7 Å². The highest BCUT2D eigenvalue weighted by molar-refractivity contribution is 6.76. The van der Waals surface area contributed by atoms with Gasteiger partial charge in [-0.3, -0.25) is 9.13 Å². The van der Waals surface area contributed by atoms with Gasteiger partial charge in [-0.1, -0.05) is 153 Å². The number of amides is 1. The number of hydrogen-bond donors (Lipinski definition) is 2. The van der Waals surface area contributed by atoms with Gasteiger partial charge < -0.3 is 61.9 Å². The molecule has 20 nitrogen and oxygen atoms in total. The number of pyridine rings is 2. The van der Waals surface area contributed by atoms with Gasteiger partial charge in [0, 0.05) is 47.0 Å². The van der Waals surface area contributed by atoms with E-state index in [1.165, 1.54) is 11.1 Å². The molecule has 6 aromatic rings. The third-order valence-electron chi connectivity index (χ3n) is 21.9. The molecule has 4 aliphatic heterocycles. The lowest BCUT2D eigenvalue weighted by Crippen LogP contribution is -2.47. The third-order valence-corrected chi connectivity index (χ3v) is 34.9. The molecule has 2 N–H and O–H groups in total. The van der Waals surface area contributed by atoms with Crippen LogP contribution in [0.2, 0.25) is 97.7 Å². The quantitative estimate of drug-likeness (QED) is 0.0426. The molecule has 0 bridgehead atoms. The summed E-state index contributed by atoms with van der Waals surface area (Å²) >= 11 is 13.8. The van der Waals surface area contributed by atoms with Crippen LogP contribution >= 0.6 is 23.2 Å². The summed E-state index contributed by atoms with van der Waals surface area (Å²) in [6.07, 6.45) is 5.01. The van der Waals surface area contributed by atoms with E-state index in [-0.39, 0.29) is 90.7 Å². The first-order valence-electron chi connectivity index (χ1n) is 36.9. The molecular formula is C75H113Cl2N7O13Si4. The minimum Gasteiger partial charge on any atom is -0.456 e. The molecule has 6 aliphatic rings. The number of nitrogens with one attached hydrogen (secondary N) is 1. The lowest BCUT2D eigenvalue weighted by atomic mass is 9.82. The molecule has 0 radical (unpaired) electrons. The van der Waals surface area contributed by atoms with Crippen molar-refractivity contribution in [2.75, 3.05) is 46.2 Å². The number of benzene rings is 2. The number of nitrogens with zero attached hydrogens (tertiary/aromatic N) is 6. The van der Waals surface area contributed by atoms with Crippen LogP contribution in [0, 0.1) is 0 Å². The predicted molar refractivity (Wildman–Crippen MR) is 408 cm³/mol. The SMILES string of the molecule is CC(C)(C)[Si](C)(C)O[C@@H]1CO[C@H]2[C@@H]1OC[C@H]2Oc1nc2cc(Cl)c(-c3ccc(C4CCC(O)CC4)cc3)nc2n1COCC[Si](C)(C)C.CCNC(=O)OC1CCC(c2ccc(-c3nc4c(cc3Cl)nc(O[C@@H]3CO[C@H]5[C@@H]3OC[C@H]5O[Si](C)(C)C(C)(C)C)n4COCC[Si](C)(C)C)cc2)CC1. The van der Waals surface area contributed by atoms with Crippen LogP contribution in [0.4, 0.5) is 4.79 Å². The van der Waals surface area contributed by atoms with Crippen LogP contribution in [0.5, 0.6) is 12.0 Å². The molecule has 0 unspecified atom stereocenters. The van der Waals surface area contributed by atoms with Gasteiger partial charge in [0.1, 0.15) is 55.0 Å². The number of carbonyl (C=O) groups excluding carboxylic acids is 1. The molecule has 2 saturated carbocycles. The zero-order valence-corrected chi connectivity index (χ0v) is 68.4. The van der Waals surface area contributed by atoms with Crippen LogP contribution in [0.1, 0.15) is 123 Å². The van der Waals surface area contributed by atoms with Crippen molar-refractivity contribution in [2.45, 2.75) is 274 Å². The number of fused-ring (bicyclic) bond motifs is 4. The maximum Gasteiger partial charge on any atom is 0.407 e. The lowest BCUT2D eigenvalue weighted by Gasteiger charge is -2.39. The fraction of sp³-hybridized carbons (Fsp3) is 0.667. The predicted octanol–water partition coefficient (Wildman–Crippen LogP) is 16.8. The number of alkyl carbamates (subject to hydrolysis) is 1. The number of aliphatic hydroxyl groups is 1. The van der Waals surface area contributed by atoms with Gasteiger partial charge in [-0.15, -0.1) is 0 Å². The molecule has 2 aliphatic carbocycles. The van der Waals surface area contributed by atoms with Crippen LogP contribution in [0.25, 0.3) is 44.8 Å². The first kappa shape index (κ1) is 77.7. The van der Waals surface area contributed by atoms with Gasteiger partial charge in [0.15, 0.2) is 40.1 Å². The summed E-state index contributed by atoms with van der Waals surface area (Å²) in [5.41, 5.74) is 8.36. The minimum absolute atomic E-state index is 0.0309. The highest BCUT2D eigenvalue weighted by Gasteiger charge is 2.54. The second-order valence-electron chi connectivity index (χ2n) is 34.2. The summed E-state index contributed by atoms with van der Waals surface area (Å²) in [5, 5.41) is 13.9. The van der Waals surface area contributed by atoms with Gasteiger partial charge in [0.2, 0.25) is 0 Å². The van der Waals surface area contributed by atoms with Crippen molar-refractivity contribution in [1.82, 2.24) is 34.4 Å². The number of aliphatic hydroxyl groups excluding tert-OH is 1. The highest BCUT2D eigenvalue weighted by Crippen LogP contribution is 2.45. The summed E-state index contributed by atoms with van der Waals surface area (Å²) in [6.45, 7) is 42.5. The Labute approximate surface area is 612 Å². The topological polar surface area (TPSA) is 212 Å². The maximum absolute atomic E-state index is 11.9. The number of ether oxygens (including phenoxy) is 9. The molecule has 8 heterocycles. The molecule has 0 spiro atoms. The smallest absolute Gasteiger partial charge is 0.407 e. The molecule has 26 heteroatoms. The normalized spacial score (nSPS) is 25.9. The van der Waals surface area contributed by atoms with Gasteiger partial charge in [-0.2, -0.15) is 9.97 Å². The van der Waals surface area contributed by atoms with Gasteiger partial charge >= 0.3 is 18.1 Å². The van der Waals surface area contributed by atoms with Crippen molar-refractivity contribution in [1.29, 1.82) is 0 Å². The Morgan fingerprint density at radius 2 is 0.911 bits per heavy atom. The monoisotopic (exact) mass is 1500 g/mol. The Hall–Kier alpha value is -4.36. The maximum atomic E-state index is 11.9. The number of imidazole rings is 2. The third kappa shape index (κ3) is 18.9. The largest absolute Gasteiger partial charge is 0.456 e. The average Bonchev–Trinajstić information content (AvgIpc) is 1.63. The van der Waals surface area contributed by atoms with Crippen LogP contribution in [0.3, 0.4) is 0 Å². The average molecular weight is 1500 g/mol. The molecule has 4 aromatic heterocycles. The van der Waals surface area contributed by atoms with E-state index in [2.05, 4.69) is 161 Å². The molecular weight excluding hydrogens is 1390 g/mol. The standard InChI is InChI=1S/C39H59ClN4O7Si2.C36H54ClN3O6Si2/c1-10-41-38(45)49-28-17-15-26(16-18-28)25-11-13-27(14-12-25)33-29(40)21-30-36(43-33)44(24-46-19-20-52(5,6)7)37(42-30)50-31-22-47-35-32(23-48-34(31)35)51-53(8,9)39(2,3)4;1-36(2,3)48(7,8)46-30-21-44-32-29(20-43-33(30)32)45-35-38-28-19-27(37)31(39-34(28)40(35)22-42-17-18-47(4,5)6)25-11-9-23(10-12-25)24-13-15-26(41)16-14-24/h11-14,21,26,28,31-32,34-35H,10,15-20,22-24H2,1-9H3,(H,41,45);9-12,19,24,26,29-30,32-33,41H,13-18,20-22H2,1-8H3/t26?,28?,31-,32-,34-,35-;24?,26?,29-,30-,32-,33-/m11/s1. The van der Waals surface area contributed by atoms with Gasteiger partial charge in [-0.05, 0) is 142 Å². The van der Waals surface area contributed by atoms with E-state index < -0.39 is 32.8 Å². The second kappa shape index (κ2) is 32.0. The zero-order chi connectivity index (χ0) is 72.6. The molecule has 101 heavy (non-hydrogen) atoms. The van der Waals surface area contributed by atoms with Gasteiger partial charge in [0.05, 0.1) is 66.2 Å². The van der Waals surface area contributed by atoms with Crippen molar-refractivity contribution in [3.63, 3.8) is 0 Å². The number of halogens is 2. The van der Waals surface area contributed by atoms with Crippen molar-refractivity contribution in [3.05, 3.63) is 81.8 Å². The summed E-state index contributed by atoms with van der Waals surface area (Å²) in [7, 11) is -6.60. The molecule has 8 atom stereocenters. The van der Waals surface area contributed by atoms with Crippen molar-refractivity contribution in [2.24, 2.45) is 0 Å². The van der Waals surface area contributed by atoms with E-state index in [9.17, 15) is 9.90 Å². The van der Waals surface area contributed by atoms with Crippen LogP contribution in [-0.2, 0) is 55.5 Å².